The Balaban J connectivity index is 1.66. The van der Waals surface area contributed by atoms with E-state index in [-0.39, 0.29) is 11.9 Å². The Morgan fingerprint density at radius 2 is 2.04 bits per heavy atom. The van der Waals surface area contributed by atoms with Crippen molar-refractivity contribution in [3.63, 3.8) is 0 Å². The van der Waals surface area contributed by atoms with E-state index in [1.807, 2.05) is 19.1 Å². The maximum atomic E-state index is 12.3. The zero-order chi connectivity index (χ0) is 19.2. The number of carbonyl (C=O) groups is 1. The minimum absolute atomic E-state index is 0.0306. The second-order valence-corrected chi connectivity index (χ2v) is 5.73. The molecule has 0 aliphatic carbocycles. The van der Waals surface area contributed by atoms with E-state index in [9.17, 15) is 4.79 Å². The van der Waals surface area contributed by atoms with Crippen LogP contribution in [0.15, 0.2) is 55.2 Å². The number of furan rings is 1. The number of hydrogen-bond acceptors (Lipinski definition) is 7. The van der Waals surface area contributed by atoms with E-state index in [0.717, 1.165) is 11.3 Å². The van der Waals surface area contributed by atoms with Crippen LogP contribution in [0.2, 0.25) is 0 Å². The van der Waals surface area contributed by atoms with Crippen LogP contribution < -0.4 is 14.8 Å². The molecule has 2 aromatic rings. The zero-order valence-electron chi connectivity index (χ0n) is 15.2. The average molecular weight is 369 g/mol. The van der Waals surface area contributed by atoms with Crippen LogP contribution in [0.3, 0.4) is 0 Å². The van der Waals surface area contributed by atoms with Gasteiger partial charge in [-0.25, -0.2) is 0 Å². The molecule has 1 aliphatic rings. The van der Waals surface area contributed by atoms with E-state index in [1.165, 1.54) is 6.21 Å². The van der Waals surface area contributed by atoms with Crippen molar-refractivity contribution in [2.24, 2.45) is 20.4 Å². The number of benzene rings is 1. The highest BCUT2D eigenvalue weighted by Gasteiger charge is 2.24. The van der Waals surface area contributed by atoms with Gasteiger partial charge in [-0.3, -0.25) is 10.1 Å². The van der Waals surface area contributed by atoms with Gasteiger partial charge in [0.25, 0.3) is 11.9 Å². The molecule has 1 unspecified atom stereocenters. The highest BCUT2D eigenvalue weighted by atomic mass is 16.5. The van der Waals surface area contributed by atoms with Crippen molar-refractivity contribution in [2.45, 2.75) is 19.4 Å². The fraction of sp³-hybridized carbons (Fsp3) is 0.278. The van der Waals surface area contributed by atoms with Crippen LogP contribution in [0.25, 0.3) is 0 Å². The van der Waals surface area contributed by atoms with Crippen LogP contribution >= 0.6 is 0 Å². The highest BCUT2D eigenvalue weighted by Crippen LogP contribution is 2.28. The molecule has 27 heavy (non-hydrogen) atoms. The first-order valence-corrected chi connectivity index (χ1v) is 8.19. The van der Waals surface area contributed by atoms with Crippen LogP contribution in [-0.2, 0) is 11.2 Å². The summed E-state index contributed by atoms with van der Waals surface area (Å²) in [6.45, 7) is 1.83. The lowest BCUT2D eigenvalue weighted by molar-refractivity contribution is -0.121. The minimum Gasteiger partial charge on any atom is -0.493 e. The maximum Gasteiger partial charge on any atom is 0.268 e. The van der Waals surface area contributed by atoms with Gasteiger partial charge in [-0.05, 0) is 36.8 Å². The van der Waals surface area contributed by atoms with Crippen LogP contribution in [0.5, 0.6) is 11.5 Å². The average Bonchev–Trinajstić information content (AvgIpc) is 3.09. The summed E-state index contributed by atoms with van der Waals surface area (Å²) in [7, 11) is 3.12. The molecule has 0 fully saturated rings. The van der Waals surface area contributed by atoms with E-state index in [1.54, 1.807) is 32.4 Å². The molecule has 1 aromatic heterocycles. The van der Waals surface area contributed by atoms with Crippen molar-refractivity contribution < 1.29 is 18.7 Å². The summed E-state index contributed by atoms with van der Waals surface area (Å²) in [5.74, 6) is 2.27. The number of azo groups is 1. The van der Waals surface area contributed by atoms with Gasteiger partial charge in [0.1, 0.15) is 11.5 Å². The third kappa shape index (κ3) is 4.57. The van der Waals surface area contributed by atoms with Crippen molar-refractivity contribution in [2.75, 3.05) is 14.2 Å². The van der Waals surface area contributed by atoms with Gasteiger partial charge < -0.3 is 13.9 Å². The number of nitrogens with one attached hydrogen (secondary N) is 1. The van der Waals surface area contributed by atoms with Gasteiger partial charge in [0.15, 0.2) is 17.5 Å². The molecule has 1 atom stereocenters. The van der Waals surface area contributed by atoms with E-state index in [0.29, 0.717) is 23.7 Å². The number of hydrogen-bond donors (Lipinski definition) is 1. The second-order valence-electron chi connectivity index (χ2n) is 5.73. The summed E-state index contributed by atoms with van der Waals surface area (Å²) in [5.41, 5.74) is 0.873. The number of rotatable bonds is 6. The molecule has 9 heteroatoms. The first-order chi connectivity index (χ1) is 13.1. The molecule has 1 aliphatic heterocycles. The lowest BCUT2D eigenvalue weighted by Crippen LogP contribution is -2.41. The van der Waals surface area contributed by atoms with Gasteiger partial charge >= 0.3 is 0 Å². The summed E-state index contributed by atoms with van der Waals surface area (Å²) in [5, 5.41) is 18.2. The SMILES string of the molecule is COc1ccc(CC2N=N/C(=N\N=C\c3ccc(C)o3)NC2=O)cc1OC. The predicted octanol–water partition coefficient (Wildman–Crippen LogP) is 2.49. The number of methoxy groups -OCH3 is 2. The molecule has 9 nitrogen and oxygen atoms in total. The van der Waals surface area contributed by atoms with Crippen molar-refractivity contribution in [3.8, 4) is 11.5 Å². The third-order valence-electron chi connectivity index (χ3n) is 3.81. The standard InChI is InChI=1S/C18H19N5O4/c1-11-4-6-13(27-11)10-19-22-18-20-17(24)14(21-23-18)8-12-5-7-15(25-2)16(9-12)26-3/h4-7,9-10,14H,8H2,1-3H3,(H,20,22,24)/b19-10+. The number of nitrogens with zero attached hydrogens (tertiary/aromatic N) is 4. The first kappa shape index (κ1) is 18.3. The molecular weight excluding hydrogens is 350 g/mol. The zero-order valence-corrected chi connectivity index (χ0v) is 15.2. The van der Waals surface area contributed by atoms with Crippen LogP contribution in [-0.4, -0.2) is 38.3 Å². The molecule has 1 N–H and O–H groups in total. The second kappa shape index (κ2) is 8.26. The Bertz CT molecular complexity index is 916. The monoisotopic (exact) mass is 369 g/mol. The van der Waals surface area contributed by atoms with Crippen LogP contribution in [0, 0.1) is 6.92 Å². The molecule has 0 saturated carbocycles. The molecule has 140 valence electrons. The Kier molecular flexibility index (Phi) is 5.60. The van der Waals surface area contributed by atoms with Gasteiger partial charge in [-0.15, -0.1) is 10.2 Å². The van der Waals surface area contributed by atoms with Crippen LogP contribution in [0.4, 0.5) is 0 Å². The summed E-state index contributed by atoms with van der Waals surface area (Å²) in [6, 6.07) is 8.36. The van der Waals surface area contributed by atoms with E-state index in [4.69, 9.17) is 13.9 Å². The fourth-order valence-corrected chi connectivity index (χ4v) is 2.47. The largest absolute Gasteiger partial charge is 0.493 e. The molecule has 1 amide bonds. The van der Waals surface area contributed by atoms with Crippen molar-refractivity contribution in [1.82, 2.24) is 5.32 Å². The normalized spacial score (nSPS) is 18.1. The smallest absolute Gasteiger partial charge is 0.268 e. The van der Waals surface area contributed by atoms with Crippen LogP contribution in [0.1, 0.15) is 17.1 Å². The fourth-order valence-electron chi connectivity index (χ4n) is 2.47. The molecule has 0 spiro atoms. The summed E-state index contributed by atoms with van der Waals surface area (Å²) < 4.78 is 15.8. The van der Waals surface area contributed by atoms with Gasteiger partial charge in [-0.1, -0.05) is 6.07 Å². The number of guanidine groups is 1. The van der Waals surface area contributed by atoms with E-state index in [2.05, 4.69) is 25.7 Å². The first-order valence-electron chi connectivity index (χ1n) is 8.19. The van der Waals surface area contributed by atoms with E-state index < -0.39 is 6.04 Å². The maximum absolute atomic E-state index is 12.3. The quantitative estimate of drug-likeness (QED) is 0.623. The van der Waals surface area contributed by atoms with Crippen molar-refractivity contribution in [3.05, 3.63) is 47.4 Å². The Morgan fingerprint density at radius 3 is 2.70 bits per heavy atom. The minimum atomic E-state index is -0.654. The van der Waals surface area contributed by atoms with Gasteiger partial charge in [0.2, 0.25) is 0 Å². The van der Waals surface area contributed by atoms with Gasteiger partial charge in [0.05, 0.1) is 20.4 Å². The topological polar surface area (TPSA) is 110 Å². The van der Waals surface area contributed by atoms with Crippen molar-refractivity contribution >= 4 is 18.1 Å². The number of amides is 1. The number of carbonyl (C=O) groups excluding carboxylic acids is 1. The summed E-state index contributed by atoms with van der Waals surface area (Å²) in [4.78, 5) is 12.3. The summed E-state index contributed by atoms with van der Waals surface area (Å²) >= 11 is 0. The molecule has 0 bridgehead atoms. The highest BCUT2D eigenvalue weighted by molar-refractivity contribution is 6.01. The van der Waals surface area contributed by atoms with E-state index >= 15 is 0 Å². The predicted molar refractivity (Wildman–Crippen MR) is 98.5 cm³/mol. The molecular formula is C18H19N5O4. The Hall–Kier alpha value is -3.49. The Labute approximate surface area is 155 Å². The summed E-state index contributed by atoms with van der Waals surface area (Å²) in [6.07, 6.45) is 1.80. The van der Waals surface area contributed by atoms with Gasteiger partial charge in [0, 0.05) is 6.42 Å². The molecule has 1 aromatic carbocycles. The number of aryl methyl sites for hydroxylation is 1. The molecule has 2 heterocycles. The lowest BCUT2D eigenvalue weighted by atomic mass is 10.0. The third-order valence-corrected chi connectivity index (χ3v) is 3.81. The lowest BCUT2D eigenvalue weighted by Gasteiger charge is -2.16. The van der Waals surface area contributed by atoms with Gasteiger partial charge in [-0.2, -0.15) is 10.2 Å². The molecule has 0 saturated heterocycles. The molecule has 3 rings (SSSR count). The molecule has 0 radical (unpaired) electrons. The Morgan fingerprint density at radius 1 is 1.22 bits per heavy atom. The van der Waals surface area contributed by atoms with Crippen molar-refractivity contribution in [1.29, 1.82) is 0 Å². The number of ether oxygens (including phenoxy) is 2.